The molecular formula is C26H30ClN3O4. The minimum absolute atomic E-state index is 0.0844. The molecule has 0 spiro atoms. The Morgan fingerprint density at radius 3 is 2.21 bits per heavy atom. The fraction of sp³-hybridized carbons (Fsp3) is 0.385. The van der Waals surface area contributed by atoms with Gasteiger partial charge in [0.2, 0.25) is 11.8 Å². The molecule has 8 heteroatoms. The number of amides is 4. The predicted octanol–water partition coefficient (Wildman–Crippen LogP) is 4.05. The summed E-state index contributed by atoms with van der Waals surface area (Å²) in [6.07, 6.45) is 0.380. The molecule has 0 unspecified atom stereocenters. The predicted molar refractivity (Wildman–Crippen MR) is 130 cm³/mol. The van der Waals surface area contributed by atoms with Crippen LogP contribution in [0, 0.1) is 0 Å². The summed E-state index contributed by atoms with van der Waals surface area (Å²) in [4.78, 5) is 53.9. The van der Waals surface area contributed by atoms with E-state index < -0.39 is 11.6 Å². The number of hydrogen-bond donors (Lipinski definition) is 1. The highest BCUT2D eigenvalue weighted by Crippen LogP contribution is 2.23. The highest BCUT2D eigenvalue weighted by Gasteiger charge is 2.35. The molecule has 1 heterocycles. The van der Waals surface area contributed by atoms with Gasteiger partial charge in [-0.05, 0) is 63.9 Å². The van der Waals surface area contributed by atoms with E-state index in [1.807, 2.05) is 26.8 Å². The molecule has 180 valence electrons. The maximum absolute atomic E-state index is 13.2. The van der Waals surface area contributed by atoms with E-state index in [2.05, 4.69) is 5.32 Å². The van der Waals surface area contributed by atoms with Crippen molar-refractivity contribution in [2.45, 2.75) is 58.7 Å². The Bertz CT molecular complexity index is 1070. The third-order valence-corrected chi connectivity index (χ3v) is 5.79. The van der Waals surface area contributed by atoms with Gasteiger partial charge in [-0.3, -0.25) is 24.1 Å². The molecule has 2 aromatic carbocycles. The lowest BCUT2D eigenvalue weighted by atomic mass is 10.1. The molecule has 0 bridgehead atoms. The number of benzene rings is 2. The number of nitrogens with zero attached hydrogens (tertiary/aromatic N) is 2. The third-order valence-electron chi connectivity index (χ3n) is 5.56. The lowest BCUT2D eigenvalue weighted by molar-refractivity contribution is -0.141. The number of hydrogen-bond acceptors (Lipinski definition) is 4. The van der Waals surface area contributed by atoms with Crippen molar-refractivity contribution in [2.75, 3.05) is 6.54 Å². The number of fused-ring (bicyclic) bond motifs is 1. The van der Waals surface area contributed by atoms with Gasteiger partial charge in [0, 0.05) is 30.1 Å². The summed E-state index contributed by atoms with van der Waals surface area (Å²) in [6, 6.07) is 13.1. The van der Waals surface area contributed by atoms with Gasteiger partial charge in [-0.25, -0.2) is 0 Å². The first-order chi connectivity index (χ1) is 16.0. The molecular weight excluding hydrogens is 454 g/mol. The second-order valence-corrected chi connectivity index (χ2v) is 9.91. The van der Waals surface area contributed by atoms with E-state index >= 15 is 0 Å². The average molecular weight is 484 g/mol. The zero-order valence-corrected chi connectivity index (χ0v) is 20.7. The largest absolute Gasteiger partial charge is 0.350 e. The fourth-order valence-electron chi connectivity index (χ4n) is 3.86. The lowest BCUT2D eigenvalue weighted by Gasteiger charge is -2.31. The van der Waals surface area contributed by atoms with Gasteiger partial charge in [-0.15, -0.1) is 0 Å². The van der Waals surface area contributed by atoms with Crippen LogP contribution in [0.1, 0.15) is 66.8 Å². The van der Waals surface area contributed by atoms with Crippen molar-refractivity contribution in [1.82, 2.24) is 15.1 Å². The quantitative estimate of drug-likeness (QED) is 0.574. The molecule has 0 fully saturated rings. The van der Waals surface area contributed by atoms with Crippen LogP contribution in [0.15, 0.2) is 48.5 Å². The van der Waals surface area contributed by atoms with Crippen molar-refractivity contribution < 1.29 is 19.2 Å². The Morgan fingerprint density at radius 1 is 1.03 bits per heavy atom. The molecule has 1 aliphatic heterocycles. The number of rotatable bonds is 8. The maximum atomic E-state index is 13.2. The van der Waals surface area contributed by atoms with E-state index in [4.69, 9.17) is 11.6 Å². The van der Waals surface area contributed by atoms with Crippen molar-refractivity contribution in [3.63, 3.8) is 0 Å². The summed E-state index contributed by atoms with van der Waals surface area (Å²) in [5, 5.41) is 3.46. The van der Waals surface area contributed by atoms with E-state index in [0.29, 0.717) is 22.6 Å². The summed E-state index contributed by atoms with van der Waals surface area (Å²) in [7, 11) is 0. The van der Waals surface area contributed by atoms with Gasteiger partial charge in [-0.2, -0.15) is 0 Å². The second kappa shape index (κ2) is 10.4. The molecule has 0 saturated carbocycles. The van der Waals surface area contributed by atoms with Crippen molar-refractivity contribution in [1.29, 1.82) is 0 Å². The molecule has 0 saturated heterocycles. The Hall–Kier alpha value is -3.19. The SMILES string of the molecule is C[C@H](C(=O)NC(C)(C)C)N(Cc1cccc(Cl)c1)C(=O)CCCN1C(=O)c2ccccc2C1=O. The van der Waals surface area contributed by atoms with Crippen LogP contribution >= 0.6 is 11.6 Å². The summed E-state index contributed by atoms with van der Waals surface area (Å²) in [6.45, 7) is 7.67. The lowest BCUT2D eigenvalue weighted by Crippen LogP contribution is -2.52. The van der Waals surface area contributed by atoms with Crippen LogP contribution in [0.3, 0.4) is 0 Å². The smallest absolute Gasteiger partial charge is 0.261 e. The number of carbonyl (C=O) groups is 4. The highest BCUT2D eigenvalue weighted by atomic mass is 35.5. The Kier molecular flexibility index (Phi) is 7.77. The van der Waals surface area contributed by atoms with Crippen LogP contribution in [0.25, 0.3) is 0 Å². The normalized spacial score (nSPS) is 14.1. The highest BCUT2D eigenvalue weighted by molar-refractivity contribution is 6.30. The Morgan fingerprint density at radius 2 is 1.65 bits per heavy atom. The van der Waals surface area contributed by atoms with Crippen LogP contribution in [0.4, 0.5) is 0 Å². The van der Waals surface area contributed by atoms with E-state index in [0.717, 1.165) is 5.56 Å². The minimum Gasteiger partial charge on any atom is -0.350 e. The molecule has 1 atom stereocenters. The van der Waals surface area contributed by atoms with Crippen LogP contribution in [-0.4, -0.2) is 51.6 Å². The minimum atomic E-state index is -0.718. The maximum Gasteiger partial charge on any atom is 0.261 e. The van der Waals surface area contributed by atoms with Crippen molar-refractivity contribution in [3.8, 4) is 0 Å². The van der Waals surface area contributed by atoms with E-state index in [1.54, 1.807) is 49.4 Å². The van der Waals surface area contributed by atoms with Crippen LogP contribution in [-0.2, 0) is 16.1 Å². The molecule has 3 rings (SSSR count). The fourth-order valence-corrected chi connectivity index (χ4v) is 4.08. The summed E-state index contributed by atoms with van der Waals surface area (Å²) in [5.41, 5.74) is 1.13. The number of halogens is 1. The molecule has 1 N–H and O–H groups in total. The monoisotopic (exact) mass is 483 g/mol. The summed E-state index contributed by atoms with van der Waals surface area (Å²) in [5.74, 6) is -1.19. The van der Waals surface area contributed by atoms with Crippen molar-refractivity contribution >= 4 is 35.2 Å². The van der Waals surface area contributed by atoms with Crippen LogP contribution in [0.5, 0.6) is 0 Å². The van der Waals surface area contributed by atoms with Gasteiger partial charge >= 0.3 is 0 Å². The summed E-state index contributed by atoms with van der Waals surface area (Å²) < 4.78 is 0. The Balaban J connectivity index is 1.69. The molecule has 0 radical (unpaired) electrons. The zero-order chi connectivity index (χ0) is 25.0. The molecule has 0 aromatic heterocycles. The topological polar surface area (TPSA) is 86.8 Å². The second-order valence-electron chi connectivity index (χ2n) is 9.48. The molecule has 1 aliphatic rings. The van der Waals surface area contributed by atoms with Gasteiger partial charge in [0.1, 0.15) is 6.04 Å². The Labute approximate surface area is 205 Å². The van der Waals surface area contributed by atoms with Gasteiger partial charge < -0.3 is 10.2 Å². The average Bonchev–Trinajstić information content (AvgIpc) is 3.01. The first-order valence-electron chi connectivity index (χ1n) is 11.3. The number of imide groups is 1. The van der Waals surface area contributed by atoms with Gasteiger partial charge in [0.15, 0.2) is 0 Å². The van der Waals surface area contributed by atoms with Gasteiger partial charge in [0.25, 0.3) is 11.8 Å². The third kappa shape index (κ3) is 6.03. The van der Waals surface area contributed by atoms with E-state index in [9.17, 15) is 19.2 Å². The first-order valence-corrected chi connectivity index (χ1v) is 11.7. The standard InChI is InChI=1S/C26H30ClN3O4/c1-17(23(32)28-26(2,3)4)30(16-18-9-7-10-19(27)15-18)22(31)13-8-14-29-24(33)20-11-5-6-12-21(20)25(29)34/h5-7,9-12,15,17H,8,13-14,16H2,1-4H3,(H,28,32)/t17-/m1/s1. The van der Waals surface area contributed by atoms with Gasteiger partial charge in [0.05, 0.1) is 11.1 Å². The van der Waals surface area contributed by atoms with Crippen LogP contribution < -0.4 is 5.32 Å². The molecule has 2 aromatic rings. The van der Waals surface area contributed by atoms with E-state index in [1.165, 1.54) is 9.80 Å². The molecule has 0 aliphatic carbocycles. The van der Waals surface area contributed by atoms with Crippen molar-refractivity contribution in [3.05, 3.63) is 70.2 Å². The first kappa shape index (κ1) is 25.4. The molecule has 34 heavy (non-hydrogen) atoms. The van der Waals surface area contributed by atoms with Gasteiger partial charge in [-0.1, -0.05) is 35.9 Å². The summed E-state index contributed by atoms with van der Waals surface area (Å²) >= 11 is 6.11. The van der Waals surface area contributed by atoms with Crippen LogP contribution in [0.2, 0.25) is 5.02 Å². The number of nitrogens with one attached hydrogen (secondary N) is 1. The van der Waals surface area contributed by atoms with E-state index in [-0.39, 0.29) is 43.1 Å². The molecule has 7 nitrogen and oxygen atoms in total. The van der Waals surface area contributed by atoms with Crippen molar-refractivity contribution in [2.24, 2.45) is 0 Å². The number of carbonyl (C=O) groups excluding carboxylic acids is 4. The zero-order valence-electron chi connectivity index (χ0n) is 19.9. The molecule has 4 amide bonds.